The molecule has 1 aromatic heterocycles. The van der Waals surface area contributed by atoms with Gasteiger partial charge in [0.2, 0.25) is 0 Å². The normalized spacial score (nSPS) is 15.0. The van der Waals surface area contributed by atoms with Crippen LogP contribution in [0.15, 0.2) is 42.6 Å². The standard InChI is InChI=1S/C11H7AsNO/c14-12-9-5-2-1-4-8(9)11-10(12)6-3-7-13-11/h1-7H. The summed E-state index contributed by atoms with van der Waals surface area (Å²) >= 11 is -2.23. The molecule has 1 aliphatic rings. The van der Waals surface area contributed by atoms with Gasteiger partial charge in [0, 0.05) is 0 Å². The van der Waals surface area contributed by atoms with E-state index in [0.29, 0.717) is 0 Å². The summed E-state index contributed by atoms with van der Waals surface area (Å²) in [5, 5.41) is 0. The zero-order valence-electron chi connectivity index (χ0n) is 7.34. The fourth-order valence-corrected chi connectivity index (χ4v) is 4.84. The van der Waals surface area contributed by atoms with E-state index in [1.54, 1.807) is 6.20 Å². The van der Waals surface area contributed by atoms with Crippen molar-refractivity contribution in [3.05, 3.63) is 42.6 Å². The summed E-state index contributed by atoms with van der Waals surface area (Å²) in [6.45, 7) is 0. The van der Waals surface area contributed by atoms with Crippen molar-refractivity contribution in [1.29, 1.82) is 0 Å². The van der Waals surface area contributed by atoms with Crippen molar-refractivity contribution < 1.29 is 3.74 Å². The van der Waals surface area contributed by atoms with Gasteiger partial charge in [0.15, 0.2) is 0 Å². The number of benzene rings is 1. The molecule has 2 aromatic rings. The van der Waals surface area contributed by atoms with Crippen LogP contribution in [-0.2, 0) is 3.74 Å². The van der Waals surface area contributed by atoms with E-state index in [1.807, 2.05) is 36.4 Å². The Balaban J connectivity index is 2.42. The van der Waals surface area contributed by atoms with Gasteiger partial charge in [-0.2, -0.15) is 0 Å². The Morgan fingerprint density at radius 2 is 1.79 bits per heavy atom. The molecule has 1 unspecified atom stereocenters. The summed E-state index contributed by atoms with van der Waals surface area (Å²) in [5.74, 6) is 0. The molecular formula is C11H7AsNO. The number of rotatable bonds is 0. The number of fused-ring (bicyclic) bond motifs is 3. The third-order valence-electron chi connectivity index (χ3n) is 2.38. The zero-order chi connectivity index (χ0) is 9.54. The topological polar surface area (TPSA) is 30.0 Å². The molecule has 0 saturated heterocycles. The number of hydrogen-bond donors (Lipinski definition) is 0. The number of aromatic nitrogens is 1. The van der Waals surface area contributed by atoms with Gasteiger partial charge in [0.25, 0.3) is 0 Å². The van der Waals surface area contributed by atoms with E-state index in [2.05, 4.69) is 4.98 Å². The molecule has 2 heterocycles. The summed E-state index contributed by atoms with van der Waals surface area (Å²) in [6.07, 6.45) is 1.75. The zero-order valence-corrected chi connectivity index (χ0v) is 9.22. The summed E-state index contributed by atoms with van der Waals surface area (Å²) in [5.41, 5.74) is 1.97. The van der Waals surface area contributed by atoms with E-state index in [9.17, 15) is 3.74 Å². The molecule has 14 heavy (non-hydrogen) atoms. The third kappa shape index (κ3) is 0.948. The molecule has 3 heteroatoms. The molecule has 1 radical (unpaired) electrons. The Morgan fingerprint density at radius 3 is 2.71 bits per heavy atom. The number of nitrogens with zero attached hydrogens (tertiary/aromatic N) is 1. The summed E-state index contributed by atoms with van der Waals surface area (Å²) in [7, 11) is 0. The summed E-state index contributed by atoms with van der Waals surface area (Å²) in [6, 6.07) is 11.6. The Kier molecular flexibility index (Phi) is 1.65. The van der Waals surface area contributed by atoms with E-state index in [-0.39, 0.29) is 0 Å². The van der Waals surface area contributed by atoms with Gasteiger partial charge < -0.3 is 0 Å². The van der Waals surface area contributed by atoms with Crippen molar-refractivity contribution in [3.8, 4) is 11.3 Å². The minimum atomic E-state index is -2.23. The van der Waals surface area contributed by atoms with Crippen molar-refractivity contribution in [2.75, 3.05) is 0 Å². The second kappa shape index (κ2) is 2.86. The second-order valence-electron chi connectivity index (χ2n) is 3.18. The van der Waals surface area contributed by atoms with Gasteiger partial charge in [-0.15, -0.1) is 0 Å². The van der Waals surface area contributed by atoms with Crippen molar-refractivity contribution in [1.82, 2.24) is 4.98 Å². The maximum atomic E-state index is 12.1. The van der Waals surface area contributed by atoms with Crippen LogP contribution in [0.25, 0.3) is 11.3 Å². The van der Waals surface area contributed by atoms with Crippen LogP contribution in [0.2, 0.25) is 0 Å². The average Bonchev–Trinajstić information content (AvgIpc) is 2.55. The van der Waals surface area contributed by atoms with E-state index in [0.717, 1.165) is 20.0 Å². The van der Waals surface area contributed by atoms with Crippen molar-refractivity contribution >= 4 is 23.3 Å². The average molecular weight is 244 g/mol. The van der Waals surface area contributed by atoms with Crippen LogP contribution in [0.3, 0.4) is 0 Å². The predicted octanol–water partition coefficient (Wildman–Crippen LogP) is 0.598. The molecule has 0 amide bonds. The van der Waals surface area contributed by atoms with Gasteiger partial charge >= 0.3 is 85.9 Å². The van der Waals surface area contributed by atoms with Crippen LogP contribution in [-0.4, -0.2) is 19.6 Å². The molecule has 1 aliphatic heterocycles. The molecule has 0 saturated carbocycles. The van der Waals surface area contributed by atoms with Crippen LogP contribution in [0.1, 0.15) is 0 Å². The van der Waals surface area contributed by atoms with Crippen LogP contribution in [0.4, 0.5) is 0 Å². The second-order valence-corrected chi connectivity index (χ2v) is 6.44. The molecule has 0 spiro atoms. The van der Waals surface area contributed by atoms with Crippen LogP contribution >= 0.6 is 0 Å². The van der Waals surface area contributed by atoms with Gasteiger partial charge in [-0.05, 0) is 0 Å². The fraction of sp³-hybridized carbons (Fsp3) is 0. The Bertz CT molecular complexity index is 489. The first-order valence-corrected chi connectivity index (χ1v) is 7.04. The molecule has 0 aliphatic carbocycles. The maximum absolute atomic E-state index is 12.1. The fourth-order valence-electron chi connectivity index (χ4n) is 1.75. The quantitative estimate of drug-likeness (QED) is 0.542. The summed E-state index contributed by atoms with van der Waals surface area (Å²) < 4.78 is 14.0. The monoisotopic (exact) mass is 244 g/mol. The van der Waals surface area contributed by atoms with Gasteiger partial charge in [0.05, 0.1) is 0 Å². The molecule has 2 nitrogen and oxygen atoms in total. The molecule has 0 bridgehead atoms. The Labute approximate surface area is 86.1 Å². The number of pyridine rings is 1. The van der Waals surface area contributed by atoms with E-state index >= 15 is 0 Å². The SMILES string of the molecule is O=[As]1c2ccccc2-c2ncccc21. The van der Waals surface area contributed by atoms with Gasteiger partial charge in [-0.1, -0.05) is 0 Å². The van der Waals surface area contributed by atoms with E-state index in [1.165, 1.54) is 0 Å². The van der Waals surface area contributed by atoms with Crippen molar-refractivity contribution in [2.45, 2.75) is 0 Å². The van der Waals surface area contributed by atoms with Gasteiger partial charge in [0.1, 0.15) is 0 Å². The Morgan fingerprint density at radius 1 is 1.00 bits per heavy atom. The summed E-state index contributed by atoms with van der Waals surface area (Å²) in [4.78, 5) is 4.29. The van der Waals surface area contributed by atoms with Gasteiger partial charge in [-0.25, -0.2) is 0 Å². The molecule has 0 fully saturated rings. The molecular weight excluding hydrogens is 237 g/mol. The van der Waals surface area contributed by atoms with Gasteiger partial charge in [-0.3, -0.25) is 0 Å². The third-order valence-corrected chi connectivity index (χ3v) is 5.79. The predicted molar refractivity (Wildman–Crippen MR) is 55.4 cm³/mol. The van der Waals surface area contributed by atoms with E-state index < -0.39 is 14.6 Å². The number of hydrogen-bond acceptors (Lipinski definition) is 2. The van der Waals surface area contributed by atoms with Crippen LogP contribution in [0.5, 0.6) is 0 Å². The first kappa shape index (κ1) is 8.07. The molecule has 3 rings (SSSR count). The first-order chi connectivity index (χ1) is 6.88. The molecule has 67 valence electrons. The Hall–Kier alpha value is -1.27. The van der Waals surface area contributed by atoms with Crippen LogP contribution < -0.4 is 8.70 Å². The first-order valence-electron chi connectivity index (χ1n) is 4.39. The molecule has 0 N–H and O–H groups in total. The van der Waals surface area contributed by atoms with E-state index in [4.69, 9.17) is 0 Å². The molecule has 1 atom stereocenters. The molecule has 1 aromatic carbocycles. The van der Waals surface area contributed by atoms with Crippen molar-refractivity contribution in [3.63, 3.8) is 0 Å². The van der Waals surface area contributed by atoms with Crippen LogP contribution in [0, 0.1) is 0 Å². The van der Waals surface area contributed by atoms with Crippen molar-refractivity contribution in [2.24, 2.45) is 0 Å². The minimum absolute atomic E-state index is 0.915.